The monoisotopic (exact) mass is 453 g/mol. The molecule has 0 saturated heterocycles. The molecule has 0 atom stereocenters. The number of carbonyl (C=O) groups is 1. The summed E-state index contributed by atoms with van der Waals surface area (Å²) in [4.78, 5) is 24.3. The molecule has 6 heteroatoms. The number of allylic oxidation sites excluding steroid dienone is 2. The summed E-state index contributed by atoms with van der Waals surface area (Å²) in [6.07, 6.45) is 8.83. The number of nitrogens with zero attached hydrogens (tertiary/aromatic N) is 3. The first-order valence-electron chi connectivity index (χ1n) is 11.7. The van der Waals surface area contributed by atoms with Gasteiger partial charge in [0.25, 0.3) is 0 Å². The molecule has 4 rings (SSSR count). The summed E-state index contributed by atoms with van der Waals surface area (Å²) < 4.78 is 0. The minimum absolute atomic E-state index is 0.127. The summed E-state index contributed by atoms with van der Waals surface area (Å²) in [5, 5.41) is 12.6. The smallest absolute Gasteiger partial charge is 0.202 e. The van der Waals surface area contributed by atoms with E-state index < -0.39 is 0 Å². The molecule has 2 N–H and O–H groups in total. The second-order valence-corrected chi connectivity index (χ2v) is 10.3. The van der Waals surface area contributed by atoms with Crippen LogP contribution in [0.4, 0.5) is 5.82 Å². The number of Topliss-reactive ketones (excluding diaryl/α,β-unsaturated/α-hetero) is 1. The molecule has 1 aliphatic rings. The van der Waals surface area contributed by atoms with Crippen LogP contribution in [0.5, 0.6) is 0 Å². The number of rotatable bonds is 7. The molecule has 0 saturated carbocycles. The van der Waals surface area contributed by atoms with Crippen molar-refractivity contribution in [3.8, 4) is 6.07 Å². The number of ketones is 1. The highest BCUT2D eigenvalue weighted by Gasteiger charge is 2.26. The van der Waals surface area contributed by atoms with Crippen molar-refractivity contribution < 1.29 is 4.79 Å². The van der Waals surface area contributed by atoms with Crippen LogP contribution >= 0.6 is 0 Å². The molecule has 1 aromatic carbocycles. The lowest BCUT2D eigenvalue weighted by atomic mass is 9.75. The summed E-state index contributed by atoms with van der Waals surface area (Å²) >= 11 is 0. The highest BCUT2D eigenvalue weighted by Crippen LogP contribution is 2.40. The van der Waals surface area contributed by atoms with Crippen LogP contribution < -0.4 is 5.32 Å². The Morgan fingerprint density at radius 3 is 2.71 bits per heavy atom. The molecule has 0 amide bonds. The SMILES string of the molecule is CC1(C)CC=C(c2cc(C(C)(C)Nc3ccccn3)ccc2CC(=O)c2ncc(C#N)[nH]2)CC1. The van der Waals surface area contributed by atoms with Crippen LogP contribution in [0.2, 0.25) is 0 Å². The number of aromatic amines is 1. The zero-order chi connectivity index (χ0) is 24.3. The van der Waals surface area contributed by atoms with Gasteiger partial charge in [-0.25, -0.2) is 9.97 Å². The lowest BCUT2D eigenvalue weighted by Crippen LogP contribution is -2.28. The van der Waals surface area contributed by atoms with E-state index in [4.69, 9.17) is 5.26 Å². The summed E-state index contributed by atoms with van der Waals surface area (Å²) in [7, 11) is 0. The fourth-order valence-corrected chi connectivity index (χ4v) is 4.35. The van der Waals surface area contributed by atoms with E-state index in [-0.39, 0.29) is 23.6 Å². The quantitative estimate of drug-likeness (QED) is 0.425. The van der Waals surface area contributed by atoms with Gasteiger partial charge in [-0.1, -0.05) is 38.1 Å². The molecule has 1 aliphatic carbocycles. The third-order valence-corrected chi connectivity index (χ3v) is 6.57. The largest absolute Gasteiger partial charge is 0.361 e. The van der Waals surface area contributed by atoms with Crippen molar-refractivity contribution in [2.45, 2.75) is 58.9 Å². The molecule has 174 valence electrons. The molecular weight excluding hydrogens is 422 g/mol. The number of nitrogens with one attached hydrogen (secondary N) is 2. The summed E-state index contributed by atoms with van der Waals surface area (Å²) in [6, 6.07) is 14.2. The van der Waals surface area contributed by atoms with Gasteiger partial charge in [0.05, 0.1) is 11.7 Å². The van der Waals surface area contributed by atoms with E-state index in [9.17, 15) is 4.79 Å². The minimum atomic E-state index is -0.358. The van der Waals surface area contributed by atoms with Crippen molar-refractivity contribution in [1.82, 2.24) is 15.0 Å². The van der Waals surface area contributed by atoms with E-state index in [1.54, 1.807) is 6.20 Å². The first-order valence-corrected chi connectivity index (χ1v) is 11.7. The molecule has 0 unspecified atom stereocenters. The van der Waals surface area contributed by atoms with E-state index in [2.05, 4.69) is 72.2 Å². The van der Waals surface area contributed by atoms with Crippen LogP contribution in [0.15, 0.2) is 54.9 Å². The van der Waals surface area contributed by atoms with E-state index in [1.165, 1.54) is 11.8 Å². The maximum absolute atomic E-state index is 13.0. The molecule has 6 nitrogen and oxygen atoms in total. The molecule has 0 spiro atoms. The Morgan fingerprint density at radius 1 is 1.24 bits per heavy atom. The lowest BCUT2D eigenvalue weighted by molar-refractivity contribution is 0.0984. The lowest BCUT2D eigenvalue weighted by Gasteiger charge is -2.31. The first-order chi connectivity index (χ1) is 16.2. The average Bonchev–Trinajstić information content (AvgIpc) is 3.29. The molecule has 2 aromatic heterocycles. The van der Waals surface area contributed by atoms with Gasteiger partial charge in [-0.2, -0.15) is 5.26 Å². The van der Waals surface area contributed by atoms with Crippen LogP contribution in [0.3, 0.4) is 0 Å². The Kier molecular flexibility index (Phi) is 6.39. The fourth-order valence-electron chi connectivity index (χ4n) is 4.35. The van der Waals surface area contributed by atoms with Crippen LogP contribution in [0, 0.1) is 16.7 Å². The number of hydrogen-bond donors (Lipinski definition) is 2. The van der Waals surface area contributed by atoms with Crippen molar-refractivity contribution >= 4 is 17.2 Å². The Bertz CT molecular complexity index is 1260. The topological polar surface area (TPSA) is 94.5 Å². The van der Waals surface area contributed by atoms with Crippen molar-refractivity contribution in [1.29, 1.82) is 5.26 Å². The number of aromatic nitrogens is 3. The van der Waals surface area contributed by atoms with Crippen molar-refractivity contribution in [3.05, 3.63) is 83.1 Å². The van der Waals surface area contributed by atoms with Gasteiger partial charge >= 0.3 is 0 Å². The molecule has 34 heavy (non-hydrogen) atoms. The van der Waals surface area contributed by atoms with Gasteiger partial charge in [0.1, 0.15) is 17.6 Å². The second-order valence-electron chi connectivity index (χ2n) is 10.3. The van der Waals surface area contributed by atoms with Crippen molar-refractivity contribution in [2.24, 2.45) is 5.41 Å². The Balaban J connectivity index is 1.69. The van der Waals surface area contributed by atoms with Crippen molar-refractivity contribution in [2.75, 3.05) is 5.32 Å². The number of pyridine rings is 1. The number of benzene rings is 1. The third-order valence-electron chi connectivity index (χ3n) is 6.57. The predicted octanol–water partition coefficient (Wildman–Crippen LogP) is 6.04. The molecular formula is C28H31N5O. The predicted molar refractivity (Wildman–Crippen MR) is 134 cm³/mol. The Morgan fingerprint density at radius 2 is 2.06 bits per heavy atom. The zero-order valence-corrected chi connectivity index (χ0v) is 20.3. The van der Waals surface area contributed by atoms with Gasteiger partial charge in [0.15, 0.2) is 5.82 Å². The average molecular weight is 454 g/mol. The maximum Gasteiger partial charge on any atom is 0.202 e. The van der Waals surface area contributed by atoms with Gasteiger partial charge in [-0.05, 0) is 79.0 Å². The molecule has 0 bridgehead atoms. The number of carbonyl (C=O) groups excluding carboxylic acids is 1. The summed E-state index contributed by atoms with van der Waals surface area (Å²) in [6.45, 7) is 8.86. The van der Waals surface area contributed by atoms with Gasteiger partial charge in [-0.3, -0.25) is 4.79 Å². The van der Waals surface area contributed by atoms with Gasteiger partial charge in [0, 0.05) is 12.6 Å². The second kappa shape index (κ2) is 9.26. The van der Waals surface area contributed by atoms with E-state index in [0.717, 1.165) is 41.8 Å². The normalized spacial score (nSPS) is 15.3. The molecule has 3 aromatic rings. The molecule has 2 heterocycles. The fraction of sp³-hybridized carbons (Fsp3) is 0.357. The number of imidazole rings is 1. The van der Waals surface area contributed by atoms with Crippen molar-refractivity contribution in [3.63, 3.8) is 0 Å². The highest BCUT2D eigenvalue weighted by molar-refractivity contribution is 5.95. The van der Waals surface area contributed by atoms with E-state index in [0.29, 0.717) is 11.1 Å². The van der Waals surface area contributed by atoms with Crippen LogP contribution in [-0.4, -0.2) is 20.7 Å². The van der Waals surface area contributed by atoms with Gasteiger partial charge < -0.3 is 10.3 Å². The van der Waals surface area contributed by atoms with E-state index in [1.807, 2.05) is 24.3 Å². The molecule has 0 aliphatic heterocycles. The van der Waals surface area contributed by atoms with Gasteiger partial charge in [-0.15, -0.1) is 0 Å². The van der Waals surface area contributed by atoms with Crippen LogP contribution in [0.25, 0.3) is 5.57 Å². The molecule has 0 fully saturated rings. The van der Waals surface area contributed by atoms with Crippen LogP contribution in [-0.2, 0) is 12.0 Å². The number of H-pyrrole nitrogens is 1. The standard InChI is InChI=1S/C28H31N5O/c1-27(2)12-10-19(11-13-27)23-16-21(28(3,4)33-25-7-5-6-14-30-25)9-8-20(23)15-24(34)26-31-18-22(17-29)32-26/h5-10,14,16,18H,11-13,15H2,1-4H3,(H,30,33)(H,31,32). The number of anilines is 1. The van der Waals surface area contributed by atoms with Crippen LogP contribution in [0.1, 0.15) is 80.0 Å². The Labute approximate surface area is 201 Å². The number of hydrogen-bond acceptors (Lipinski definition) is 5. The maximum atomic E-state index is 13.0. The van der Waals surface area contributed by atoms with Gasteiger partial charge in [0.2, 0.25) is 5.78 Å². The Hall–Kier alpha value is -3.72. The molecule has 0 radical (unpaired) electrons. The minimum Gasteiger partial charge on any atom is -0.361 e. The number of nitriles is 1. The van der Waals surface area contributed by atoms with E-state index >= 15 is 0 Å². The summed E-state index contributed by atoms with van der Waals surface area (Å²) in [5.74, 6) is 0.915. The third kappa shape index (κ3) is 5.26. The summed E-state index contributed by atoms with van der Waals surface area (Å²) in [5.41, 5.74) is 4.72. The zero-order valence-electron chi connectivity index (χ0n) is 20.3. The first kappa shape index (κ1) is 23.4. The highest BCUT2D eigenvalue weighted by atomic mass is 16.1.